The Kier molecular flexibility index (Phi) is 3.99. The summed E-state index contributed by atoms with van der Waals surface area (Å²) in [7, 11) is 0. The summed E-state index contributed by atoms with van der Waals surface area (Å²) < 4.78 is 15.6. The molecule has 0 amide bonds. The van der Waals surface area contributed by atoms with Crippen LogP contribution in [0.5, 0.6) is 0 Å². The van der Waals surface area contributed by atoms with Gasteiger partial charge in [-0.25, -0.2) is 0 Å². The number of aliphatic hydroxyl groups excluding tert-OH is 4. The summed E-state index contributed by atoms with van der Waals surface area (Å²) >= 11 is 0. The van der Waals surface area contributed by atoms with Gasteiger partial charge in [0.05, 0.1) is 19.3 Å². The molecule has 2 saturated heterocycles. The van der Waals surface area contributed by atoms with E-state index in [0.29, 0.717) is 6.61 Å². The molecule has 4 N–H and O–H groups in total. The zero-order valence-electron chi connectivity index (χ0n) is 9.47. The lowest BCUT2D eigenvalue weighted by molar-refractivity contribution is -0.310. The summed E-state index contributed by atoms with van der Waals surface area (Å²) in [6, 6.07) is 0. The number of epoxide rings is 1. The normalized spacial score (nSPS) is 47.8. The van der Waals surface area contributed by atoms with E-state index in [4.69, 9.17) is 19.3 Å². The van der Waals surface area contributed by atoms with E-state index < -0.39 is 37.3 Å². The molecule has 7 unspecified atom stereocenters. The maximum absolute atomic E-state index is 9.69. The minimum atomic E-state index is -1.40. The van der Waals surface area contributed by atoms with Crippen LogP contribution >= 0.6 is 0 Å². The molecule has 7 heteroatoms. The van der Waals surface area contributed by atoms with E-state index in [-0.39, 0.29) is 12.2 Å². The van der Waals surface area contributed by atoms with Gasteiger partial charge >= 0.3 is 0 Å². The monoisotopic (exact) mass is 250 g/mol. The van der Waals surface area contributed by atoms with Gasteiger partial charge in [0.15, 0.2) is 6.29 Å². The SMILES string of the molecule is CC(OC1OC(CO)C(O)C(O)C1O)C1CO1. The van der Waals surface area contributed by atoms with Gasteiger partial charge in [0.1, 0.15) is 30.5 Å². The van der Waals surface area contributed by atoms with Crippen LogP contribution in [0.4, 0.5) is 0 Å². The predicted octanol–water partition coefficient (Wildman–Crippen LogP) is -2.41. The highest BCUT2D eigenvalue weighted by atomic mass is 16.7. The first-order valence-corrected chi connectivity index (χ1v) is 5.62. The van der Waals surface area contributed by atoms with E-state index in [2.05, 4.69) is 0 Å². The average Bonchev–Trinajstić information content (AvgIpc) is 3.13. The molecule has 2 aliphatic rings. The van der Waals surface area contributed by atoms with Gasteiger partial charge in [-0.2, -0.15) is 0 Å². The molecule has 2 fully saturated rings. The van der Waals surface area contributed by atoms with Crippen LogP contribution in [0.25, 0.3) is 0 Å². The quantitative estimate of drug-likeness (QED) is 0.411. The van der Waals surface area contributed by atoms with E-state index >= 15 is 0 Å². The second kappa shape index (κ2) is 5.15. The van der Waals surface area contributed by atoms with Crippen molar-refractivity contribution in [1.82, 2.24) is 0 Å². The van der Waals surface area contributed by atoms with E-state index in [1.807, 2.05) is 0 Å². The molecule has 2 heterocycles. The van der Waals surface area contributed by atoms with Crippen molar-refractivity contribution >= 4 is 0 Å². The second-order valence-electron chi connectivity index (χ2n) is 4.41. The molecule has 0 aromatic heterocycles. The standard InChI is InChI=1S/C10H18O7/c1-4(6-3-15-6)16-10-9(14)8(13)7(12)5(2-11)17-10/h4-14H,2-3H2,1H3. The van der Waals surface area contributed by atoms with Gasteiger partial charge < -0.3 is 34.6 Å². The summed E-state index contributed by atoms with van der Waals surface area (Å²) in [5.41, 5.74) is 0. The van der Waals surface area contributed by atoms with Gasteiger partial charge in [-0.05, 0) is 6.92 Å². The predicted molar refractivity (Wildman–Crippen MR) is 54.1 cm³/mol. The second-order valence-corrected chi connectivity index (χ2v) is 4.41. The zero-order chi connectivity index (χ0) is 12.6. The third-order valence-electron chi connectivity index (χ3n) is 3.08. The molecule has 0 radical (unpaired) electrons. The van der Waals surface area contributed by atoms with Crippen molar-refractivity contribution < 1.29 is 34.6 Å². The smallest absolute Gasteiger partial charge is 0.187 e. The number of hydrogen-bond acceptors (Lipinski definition) is 7. The zero-order valence-corrected chi connectivity index (χ0v) is 9.47. The Morgan fingerprint density at radius 1 is 1.24 bits per heavy atom. The number of rotatable bonds is 4. The van der Waals surface area contributed by atoms with Crippen LogP contribution in [-0.2, 0) is 14.2 Å². The molecule has 7 atom stereocenters. The Bertz CT molecular complexity index is 253. The Morgan fingerprint density at radius 3 is 2.41 bits per heavy atom. The minimum absolute atomic E-state index is 0.0256. The lowest BCUT2D eigenvalue weighted by atomic mass is 9.99. The Balaban J connectivity index is 1.95. The van der Waals surface area contributed by atoms with Gasteiger partial charge in [-0.3, -0.25) is 0 Å². The lowest BCUT2D eigenvalue weighted by Crippen LogP contribution is -2.59. The van der Waals surface area contributed by atoms with Crippen LogP contribution in [0.3, 0.4) is 0 Å². The molecular weight excluding hydrogens is 232 g/mol. The van der Waals surface area contributed by atoms with Gasteiger partial charge in [0.2, 0.25) is 0 Å². The van der Waals surface area contributed by atoms with Crippen molar-refractivity contribution in [3.8, 4) is 0 Å². The minimum Gasteiger partial charge on any atom is -0.394 e. The van der Waals surface area contributed by atoms with Crippen LogP contribution in [0.2, 0.25) is 0 Å². The molecule has 17 heavy (non-hydrogen) atoms. The lowest BCUT2D eigenvalue weighted by Gasteiger charge is -2.40. The van der Waals surface area contributed by atoms with Crippen LogP contribution < -0.4 is 0 Å². The first-order valence-electron chi connectivity index (χ1n) is 5.62. The van der Waals surface area contributed by atoms with Gasteiger partial charge in [-0.1, -0.05) is 0 Å². The van der Waals surface area contributed by atoms with E-state index in [0.717, 1.165) is 0 Å². The highest BCUT2D eigenvalue weighted by molar-refractivity contribution is 4.89. The highest BCUT2D eigenvalue weighted by Gasteiger charge is 2.45. The maximum Gasteiger partial charge on any atom is 0.187 e. The van der Waals surface area contributed by atoms with Crippen molar-refractivity contribution in [3.63, 3.8) is 0 Å². The molecule has 0 bridgehead atoms. The maximum atomic E-state index is 9.69. The van der Waals surface area contributed by atoms with E-state index in [1.165, 1.54) is 0 Å². The number of aliphatic hydroxyl groups is 4. The molecule has 0 aromatic carbocycles. The van der Waals surface area contributed by atoms with Crippen LogP contribution in [0, 0.1) is 0 Å². The van der Waals surface area contributed by atoms with Gasteiger partial charge in [-0.15, -0.1) is 0 Å². The average molecular weight is 250 g/mol. The first kappa shape index (κ1) is 13.2. The van der Waals surface area contributed by atoms with Gasteiger partial charge in [0.25, 0.3) is 0 Å². The summed E-state index contributed by atoms with van der Waals surface area (Å²) in [6.45, 7) is 1.90. The van der Waals surface area contributed by atoms with Crippen molar-refractivity contribution in [1.29, 1.82) is 0 Å². The Hall–Kier alpha value is -0.280. The third-order valence-corrected chi connectivity index (χ3v) is 3.08. The fourth-order valence-electron chi connectivity index (χ4n) is 1.81. The van der Waals surface area contributed by atoms with E-state index in [9.17, 15) is 15.3 Å². The number of hydrogen-bond donors (Lipinski definition) is 4. The van der Waals surface area contributed by atoms with Gasteiger partial charge in [0, 0.05) is 0 Å². The van der Waals surface area contributed by atoms with Crippen molar-refractivity contribution in [2.45, 2.75) is 49.8 Å². The van der Waals surface area contributed by atoms with Crippen LogP contribution in [0.1, 0.15) is 6.92 Å². The van der Waals surface area contributed by atoms with E-state index in [1.54, 1.807) is 6.92 Å². The third kappa shape index (κ3) is 2.76. The first-order chi connectivity index (χ1) is 8.04. The van der Waals surface area contributed by atoms with Crippen LogP contribution in [-0.4, -0.2) is 76.6 Å². The summed E-state index contributed by atoms with van der Waals surface area (Å²) in [6.07, 6.45) is -6.44. The Labute approximate surface area is 98.5 Å². The molecule has 0 aromatic rings. The Morgan fingerprint density at radius 2 is 1.88 bits per heavy atom. The summed E-state index contributed by atoms with van der Waals surface area (Å²) in [4.78, 5) is 0. The topological polar surface area (TPSA) is 112 Å². The summed E-state index contributed by atoms with van der Waals surface area (Å²) in [5.74, 6) is 0. The van der Waals surface area contributed by atoms with Crippen molar-refractivity contribution in [2.75, 3.05) is 13.2 Å². The largest absolute Gasteiger partial charge is 0.394 e. The molecule has 100 valence electrons. The molecule has 2 aliphatic heterocycles. The van der Waals surface area contributed by atoms with Crippen molar-refractivity contribution in [2.24, 2.45) is 0 Å². The molecule has 2 rings (SSSR count). The molecule has 0 saturated carbocycles. The summed E-state index contributed by atoms with van der Waals surface area (Å²) in [5, 5.41) is 37.8. The molecule has 0 aliphatic carbocycles. The molecule has 0 spiro atoms. The van der Waals surface area contributed by atoms with Crippen molar-refractivity contribution in [3.05, 3.63) is 0 Å². The fraction of sp³-hybridized carbons (Fsp3) is 1.00. The van der Waals surface area contributed by atoms with Crippen LogP contribution in [0.15, 0.2) is 0 Å². The highest BCUT2D eigenvalue weighted by Crippen LogP contribution is 2.25. The molecule has 7 nitrogen and oxygen atoms in total. The number of ether oxygens (including phenoxy) is 3. The fourth-order valence-corrected chi connectivity index (χ4v) is 1.81. The molecular formula is C10H18O7.